The van der Waals surface area contributed by atoms with E-state index in [2.05, 4.69) is 25.6 Å². The van der Waals surface area contributed by atoms with Crippen molar-refractivity contribution in [3.05, 3.63) is 60.0 Å². The van der Waals surface area contributed by atoms with Gasteiger partial charge in [0.15, 0.2) is 5.65 Å². The van der Waals surface area contributed by atoms with Crippen LogP contribution in [0.1, 0.15) is 58.3 Å². The highest BCUT2D eigenvalue weighted by molar-refractivity contribution is 7.92. The van der Waals surface area contributed by atoms with Gasteiger partial charge < -0.3 is 20.1 Å². The van der Waals surface area contributed by atoms with Gasteiger partial charge in [0.25, 0.3) is 0 Å². The Bertz CT molecular complexity index is 1420. The Balaban J connectivity index is 1.73. The monoisotopic (exact) mass is 574 g/mol. The SMILES string of the molecule is CC(C)(C)OC(=O)NC(C)(C)C(=O)NCC[C@H](COCc1ccccc1)c1nnc2ccc(NS(C)(=O)=O)cn12. The maximum Gasteiger partial charge on any atom is 0.408 e. The molecule has 2 amide bonds. The maximum atomic E-state index is 12.9. The number of aromatic nitrogens is 3. The van der Waals surface area contributed by atoms with Gasteiger partial charge in [-0.3, -0.25) is 13.9 Å². The van der Waals surface area contributed by atoms with E-state index < -0.39 is 27.3 Å². The molecule has 1 aromatic carbocycles. The summed E-state index contributed by atoms with van der Waals surface area (Å²) in [5.41, 5.74) is 0.00359. The predicted octanol–water partition coefficient (Wildman–Crippen LogP) is 3.21. The molecule has 218 valence electrons. The fraction of sp³-hybridized carbons (Fsp3) is 0.481. The average Bonchev–Trinajstić information content (AvgIpc) is 3.24. The van der Waals surface area contributed by atoms with Gasteiger partial charge in [0, 0.05) is 18.7 Å². The molecule has 0 unspecified atom stereocenters. The van der Waals surface area contributed by atoms with Crippen molar-refractivity contribution < 1.29 is 27.5 Å². The fourth-order valence-electron chi connectivity index (χ4n) is 3.84. The molecule has 0 fully saturated rings. The molecule has 2 heterocycles. The second kappa shape index (κ2) is 12.6. The first-order chi connectivity index (χ1) is 18.6. The predicted molar refractivity (Wildman–Crippen MR) is 151 cm³/mol. The Morgan fingerprint density at radius 3 is 2.38 bits per heavy atom. The molecule has 0 spiro atoms. The van der Waals surface area contributed by atoms with Crippen LogP contribution in [0.2, 0.25) is 0 Å². The summed E-state index contributed by atoms with van der Waals surface area (Å²) in [7, 11) is -3.48. The first kappa shape index (κ1) is 30.8. The zero-order valence-corrected chi connectivity index (χ0v) is 24.5. The van der Waals surface area contributed by atoms with Crippen LogP contribution < -0.4 is 15.4 Å². The minimum Gasteiger partial charge on any atom is -0.444 e. The van der Waals surface area contributed by atoms with Gasteiger partial charge in [-0.05, 0) is 58.7 Å². The lowest BCUT2D eigenvalue weighted by Crippen LogP contribution is -2.55. The van der Waals surface area contributed by atoms with E-state index >= 15 is 0 Å². The van der Waals surface area contributed by atoms with Crippen molar-refractivity contribution in [2.24, 2.45) is 0 Å². The zero-order chi connectivity index (χ0) is 29.6. The van der Waals surface area contributed by atoms with E-state index in [1.54, 1.807) is 57.3 Å². The number of sulfonamides is 1. The van der Waals surface area contributed by atoms with E-state index in [-0.39, 0.29) is 25.0 Å². The Labute approximate surface area is 234 Å². The first-order valence-electron chi connectivity index (χ1n) is 12.9. The van der Waals surface area contributed by atoms with Gasteiger partial charge in [0.2, 0.25) is 15.9 Å². The molecule has 1 atom stereocenters. The Morgan fingerprint density at radius 1 is 1.02 bits per heavy atom. The number of alkyl carbamates (subject to hydrolysis) is 1. The number of fused-ring (bicyclic) bond motifs is 1. The standard InChI is InChI=1S/C27H38N6O6S/c1-26(2,3)39-25(35)29-27(4,5)24(34)28-15-14-20(18-38-17-19-10-8-7-9-11-19)23-31-30-22-13-12-21(16-33(22)23)32-40(6,36)37/h7-13,16,20,32H,14-15,17-18H2,1-6H3,(H,28,34)(H,29,35)/t20-/m1/s1. The third-order valence-corrected chi connectivity index (χ3v) is 6.29. The van der Waals surface area contributed by atoms with Crippen molar-refractivity contribution >= 4 is 33.4 Å². The summed E-state index contributed by atoms with van der Waals surface area (Å²) in [6.07, 6.45) is 2.44. The van der Waals surface area contributed by atoms with Crippen LogP contribution in [0.3, 0.4) is 0 Å². The molecule has 0 aliphatic heterocycles. The van der Waals surface area contributed by atoms with Crippen LogP contribution in [0, 0.1) is 0 Å². The van der Waals surface area contributed by atoms with E-state index in [1.807, 2.05) is 30.3 Å². The van der Waals surface area contributed by atoms with Crippen LogP contribution in [0.25, 0.3) is 5.65 Å². The van der Waals surface area contributed by atoms with Crippen LogP contribution >= 0.6 is 0 Å². The minimum atomic E-state index is -3.48. The Kier molecular flexibility index (Phi) is 9.74. The van der Waals surface area contributed by atoms with Crippen LogP contribution in [0.15, 0.2) is 48.7 Å². The van der Waals surface area contributed by atoms with Crippen LogP contribution in [-0.2, 0) is 30.9 Å². The fourth-order valence-corrected chi connectivity index (χ4v) is 4.39. The molecule has 0 saturated carbocycles. The summed E-state index contributed by atoms with van der Waals surface area (Å²) in [6, 6.07) is 13.0. The molecule has 0 aliphatic rings. The number of carbonyl (C=O) groups is 2. The highest BCUT2D eigenvalue weighted by atomic mass is 32.2. The van der Waals surface area contributed by atoms with Gasteiger partial charge in [-0.25, -0.2) is 13.2 Å². The molecule has 40 heavy (non-hydrogen) atoms. The van der Waals surface area contributed by atoms with Crippen molar-refractivity contribution in [1.82, 2.24) is 25.2 Å². The first-order valence-corrected chi connectivity index (χ1v) is 14.8. The van der Waals surface area contributed by atoms with Gasteiger partial charge in [-0.2, -0.15) is 0 Å². The molecular formula is C27H38N6O6S. The maximum absolute atomic E-state index is 12.9. The summed E-state index contributed by atoms with van der Waals surface area (Å²) >= 11 is 0. The van der Waals surface area contributed by atoms with E-state index in [0.717, 1.165) is 11.8 Å². The number of nitrogens with zero attached hydrogens (tertiary/aromatic N) is 3. The number of ether oxygens (including phenoxy) is 2. The van der Waals surface area contributed by atoms with Crippen molar-refractivity contribution in [3.8, 4) is 0 Å². The average molecular weight is 575 g/mol. The zero-order valence-electron chi connectivity index (χ0n) is 23.7. The van der Waals surface area contributed by atoms with Crippen molar-refractivity contribution in [1.29, 1.82) is 0 Å². The highest BCUT2D eigenvalue weighted by Crippen LogP contribution is 2.22. The number of hydrogen-bond donors (Lipinski definition) is 3. The lowest BCUT2D eigenvalue weighted by molar-refractivity contribution is -0.126. The second-order valence-electron chi connectivity index (χ2n) is 11.1. The van der Waals surface area contributed by atoms with Gasteiger partial charge >= 0.3 is 6.09 Å². The van der Waals surface area contributed by atoms with E-state index in [0.29, 0.717) is 30.2 Å². The summed E-state index contributed by atoms with van der Waals surface area (Å²) in [5, 5.41) is 14.0. The van der Waals surface area contributed by atoms with Gasteiger partial charge in [0.1, 0.15) is 17.0 Å². The molecule has 0 saturated heterocycles. The van der Waals surface area contributed by atoms with Crippen molar-refractivity contribution in [2.45, 2.75) is 64.7 Å². The molecule has 3 rings (SSSR count). The van der Waals surface area contributed by atoms with Crippen LogP contribution in [0.4, 0.5) is 10.5 Å². The number of nitrogens with one attached hydrogen (secondary N) is 3. The van der Waals surface area contributed by atoms with E-state index in [1.165, 1.54) is 0 Å². The number of rotatable bonds is 12. The van der Waals surface area contributed by atoms with Gasteiger partial charge in [0.05, 0.1) is 25.2 Å². The number of anilines is 1. The molecule has 2 aromatic heterocycles. The Hall–Kier alpha value is -3.71. The quantitative estimate of drug-likeness (QED) is 0.298. The number of amides is 2. The molecule has 12 nitrogen and oxygen atoms in total. The number of hydrogen-bond acceptors (Lipinski definition) is 8. The summed E-state index contributed by atoms with van der Waals surface area (Å²) in [5.74, 6) is -0.122. The molecular weight excluding hydrogens is 536 g/mol. The van der Waals surface area contributed by atoms with Gasteiger partial charge in [-0.15, -0.1) is 10.2 Å². The summed E-state index contributed by atoms with van der Waals surface area (Å²) < 4.78 is 38.9. The smallest absolute Gasteiger partial charge is 0.408 e. The lowest BCUT2D eigenvalue weighted by Gasteiger charge is -2.28. The topological polar surface area (TPSA) is 153 Å². The van der Waals surface area contributed by atoms with Crippen LogP contribution in [-0.4, -0.2) is 65.6 Å². The van der Waals surface area contributed by atoms with Gasteiger partial charge in [-0.1, -0.05) is 30.3 Å². The normalized spacial score (nSPS) is 13.1. The third kappa shape index (κ3) is 9.49. The molecule has 3 N–H and O–H groups in total. The third-order valence-electron chi connectivity index (χ3n) is 5.69. The van der Waals surface area contributed by atoms with E-state index in [4.69, 9.17) is 9.47 Å². The number of carbonyl (C=O) groups excluding carboxylic acids is 2. The van der Waals surface area contributed by atoms with Crippen molar-refractivity contribution in [3.63, 3.8) is 0 Å². The molecule has 13 heteroatoms. The lowest BCUT2D eigenvalue weighted by atomic mass is 10.0. The van der Waals surface area contributed by atoms with E-state index in [9.17, 15) is 18.0 Å². The van der Waals surface area contributed by atoms with Crippen molar-refractivity contribution in [2.75, 3.05) is 24.1 Å². The number of benzene rings is 1. The molecule has 3 aromatic rings. The molecule has 0 aliphatic carbocycles. The minimum absolute atomic E-state index is 0.258. The molecule has 0 radical (unpaired) electrons. The van der Waals surface area contributed by atoms with Crippen LogP contribution in [0.5, 0.6) is 0 Å². The molecule has 0 bridgehead atoms. The Morgan fingerprint density at radius 2 is 1.73 bits per heavy atom. The largest absolute Gasteiger partial charge is 0.444 e. The second-order valence-corrected chi connectivity index (χ2v) is 12.8. The highest BCUT2D eigenvalue weighted by Gasteiger charge is 2.31. The summed E-state index contributed by atoms with van der Waals surface area (Å²) in [6.45, 7) is 9.33. The number of pyridine rings is 1. The summed E-state index contributed by atoms with van der Waals surface area (Å²) in [4.78, 5) is 25.1.